The number of carbonyl (C=O) groups is 1. The van der Waals surface area contributed by atoms with Crippen LogP contribution in [0.3, 0.4) is 0 Å². The number of nitrogens with one attached hydrogen (secondary N) is 1. The van der Waals surface area contributed by atoms with Gasteiger partial charge in [0.05, 0.1) is 4.92 Å². The summed E-state index contributed by atoms with van der Waals surface area (Å²) in [5.41, 5.74) is 2.00. The van der Waals surface area contributed by atoms with Crippen molar-refractivity contribution in [1.82, 2.24) is 4.98 Å². The molecule has 0 bridgehead atoms. The fraction of sp³-hybridized carbons (Fsp3) is 0.0833. The van der Waals surface area contributed by atoms with Gasteiger partial charge in [0.2, 0.25) is 6.20 Å². The molecule has 2 aromatic rings. The zero-order valence-corrected chi connectivity index (χ0v) is 9.14. The van der Waals surface area contributed by atoms with Crippen LogP contribution in [0.4, 0.5) is 0 Å². The maximum atomic E-state index is 11.5. The van der Waals surface area contributed by atoms with Gasteiger partial charge in [0, 0.05) is 34.3 Å². The highest BCUT2D eigenvalue weighted by molar-refractivity contribution is 6.09. The Labute approximate surface area is 96.9 Å². The fourth-order valence-corrected chi connectivity index (χ4v) is 1.78. The van der Waals surface area contributed by atoms with Gasteiger partial charge in [-0.2, -0.15) is 0 Å². The van der Waals surface area contributed by atoms with Crippen molar-refractivity contribution >= 4 is 22.8 Å². The first kappa shape index (κ1) is 11.1. The molecule has 5 nitrogen and oxygen atoms in total. The minimum Gasteiger partial charge on any atom is -0.361 e. The lowest BCUT2D eigenvalue weighted by Crippen LogP contribution is -1.93. The zero-order valence-electron chi connectivity index (χ0n) is 9.14. The van der Waals surface area contributed by atoms with Crippen LogP contribution in [-0.4, -0.2) is 15.7 Å². The predicted molar refractivity (Wildman–Crippen MR) is 64.3 cm³/mol. The molecule has 0 saturated carbocycles. The SMILES string of the molecule is CC(=O)c1cccc2[nH]cc(/C=C/[N+](=O)[O-])c12. The van der Waals surface area contributed by atoms with Crippen LogP contribution >= 0.6 is 0 Å². The van der Waals surface area contributed by atoms with Crippen molar-refractivity contribution in [3.8, 4) is 0 Å². The topological polar surface area (TPSA) is 76.0 Å². The van der Waals surface area contributed by atoms with E-state index in [2.05, 4.69) is 4.98 Å². The van der Waals surface area contributed by atoms with E-state index in [0.717, 1.165) is 17.1 Å². The number of hydrogen-bond donors (Lipinski definition) is 1. The number of fused-ring (bicyclic) bond motifs is 1. The van der Waals surface area contributed by atoms with Gasteiger partial charge in [-0.15, -0.1) is 0 Å². The first-order valence-corrected chi connectivity index (χ1v) is 5.02. The Hall–Kier alpha value is -2.43. The number of H-pyrrole nitrogens is 1. The van der Waals surface area contributed by atoms with Crippen LogP contribution < -0.4 is 0 Å². The van der Waals surface area contributed by atoms with Crippen LogP contribution in [0.25, 0.3) is 17.0 Å². The summed E-state index contributed by atoms with van der Waals surface area (Å²) >= 11 is 0. The minimum atomic E-state index is -0.533. The summed E-state index contributed by atoms with van der Waals surface area (Å²) in [4.78, 5) is 24.2. The van der Waals surface area contributed by atoms with Gasteiger partial charge < -0.3 is 4.98 Å². The maximum Gasteiger partial charge on any atom is 0.235 e. The highest BCUT2D eigenvalue weighted by Gasteiger charge is 2.10. The second kappa shape index (κ2) is 4.21. The summed E-state index contributed by atoms with van der Waals surface area (Å²) in [7, 11) is 0. The Kier molecular flexibility index (Phi) is 2.74. The summed E-state index contributed by atoms with van der Waals surface area (Å²) < 4.78 is 0. The van der Waals surface area contributed by atoms with Gasteiger partial charge in [0.15, 0.2) is 5.78 Å². The minimum absolute atomic E-state index is 0.0639. The van der Waals surface area contributed by atoms with Gasteiger partial charge in [0.25, 0.3) is 0 Å². The van der Waals surface area contributed by atoms with Gasteiger partial charge in [-0.25, -0.2) is 0 Å². The molecule has 1 heterocycles. The third-order valence-electron chi connectivity index (χ3n) is 2.49. The molecular weight excluding hydrogens is 220 g/mol. The summed E-state index contributed by atoms with van der Waals surface area (Å²) in [6, 6.07) is 5.31. The average Bonchev–Trinajstić information content (AvgIpc) is 2.69. The van der Waals surface area contributed by atoms with Crippen LogP contribution in [0.2, 0.25) is 0 Å². The molecule has 0 fully saturated rings. The number of aromatic nitrogens is 1. The molecule has 5 heteroatoms. The van der Waals surface area contributed by atoms with Crippen molar-refractivity contribution in [3.05, 3.63) is 51.8 Å². The Bertz CT molecular complexity index is 626. The number of nitrogens with zero attached hydrogens (tertiary/aromatic N) is 1. The largest absolute Gasteiger partial charge is 0.361 e. The van der Waals surface area contributed by atoms with Gasteiger partial charge in [-0.05, 0) is 13.0 Å². The number of ketones is 1. The molecule has 0 amide bonds. The normalized spacial score (nSPS) is 11.1. The Morgan fingerprint density at radius 1 is 1.47 bits per heavy atom. The lowest BCUT2D eigenvalue weighted by atomic mass is 10.0. The van der Waals surface area contributed by atoms with Gasteiger partial charge in [-0.1, -0.05) is 12.1 Å². The van der Waals surface area contributed by atoms with Crippen molar-refractivity contribution in [2.45, 2.75) is 6.92 Å². The Morgan fingerprint density at radius 3 is 2.88 bits per heavy atom. The maximum absolute atomic E-state index is 11.5. The van der Waals surface area contributed by atoms with E-state index in [0.29, 0.717) is 11.1 Å². The Balaban J connectivity index is 2.65. The zero-order chi connectivity index (χ0) is 12.4. The van der Waals surface area contributed by atoms with Crippen molar-refractivity contribution in [2.75, 3.05) is 0 Å². The number of aromatic amines is 1. The van der Waals surface area contributed by atoms with Gasteiger partial charge in [-0.3, -0.25) is 14.9 Å². The molecule has 86 valence electrons. The van der Waals surface area contributed by atoms with E-state index >= 15 is 0 Å². The molecule has 0 aliphatic carbocycles. The fourth-order valence-electron chi connectivity index (χ4n) is 1.78. The highest BCUT2D eigenvalue weighted by atomic mass is 16.6. The molecule has 0 spiro atoms. The second-order valence-corrected chi connectivity index (χ2v) is 3.63. The third-order valence-corrected chi connectivity index (χ3v) is 2.49. The first-order chi connectivity index (χ1) is 8.09. The lowest BCUT2D eigenvalue weighted by molar-refractivity contribution is -0.400. The molecular formula is C12H10N2O3. The molecule has 0 radical (unpaired) electrons. The quantitative estimate of drug-likeness (QED) is 0.500. The summed E-state index contributed by atoms with van der Waals surface area (Å²) in [6.45, 7) is 1.47. The van der Waals surface area contributed by atoms with Crippen molar-refractivity contribution in [1.29, 1.82) is 0 Å². The molecule has 0 saturated heterocycles. The van der Waals surface area contributed by atoms with Crippen molar-refractivity contribution < 1.29 is 9.72 Å². The van der Waals surface area contributed by atoms with Crippen LogP contribution in [-0.2, 0) is 0 Å². The summed E-state index contributed by atoms with van der Waals surface area (Å²) in [5, 5.41) is 11.0. The van der Waals surface area contributed by atoms with E-state index in [1.807, 2.05) is 6.07 Å². The molecule has 17 heavy (non-hydrogen) atoms. The average molecular weight is 230 g/mol. The second-order valence-electron chi connectivity index (χ2n) is 3.63. The highest BCUT2D eigenvalue weighted by Crippen LogP contribution is 2.24. The lowest BCUT2D eigenvalue weighted by Gasteiger charge is -1.99. The van der Waals surface area contributed by atoms with Crippen LogP contribution in [0.1, 0.15) is 22.8 Å². The van der Waals surface area contributed by atoms with Crippen LogP contribution in [0, 0.1) is 10.1 Å². The molecule has 0 atom stereocenters. The molecule has 0 aliphatic heterocycles. The summed E-state index contributed by atoms with van der Waals surface area (Å²) in [6.07, 6.45) is 3.89. The van der Waals surface area contributed by atoms with E-state index in [1.54, 1.807) is 18.3 Å². The smallest absolute Gasteiger partial charge is 0.235 e. The van der Waals surface area contributed by atoms with Gasteiger partial charge in [0.1, 0.15) is 0 Å². The molecule has 0 aliphatic rings. The third kappa shape index (κ3) is 2.08. The number of Topliss-reactive ketones (excluding diaryl/α,β-unsaturated/α-hetero) is 1. The van der Waals surface area contributed by atoms with Crippen LogP contribution in [0.15, 0.2) is 30.6 Å². The van der Waals surface area contributed by atoms with E-state index in [9.17, 15) is 14.9 Å². The summed E-state index contributed by atoms with van der Waals surface area (Å²) in [5.74, 6) is -0.0639. The number of benzene rings is 1. The predicted octanol–water partition coefficient (Wildman–Crippen LogP) is 2.62. The number of hydrogen-bond acceptors (Lipinski definition) is 3. The standard InChI is InChI=1S/C12H10N2O3/c1-8(15)10-3-2-4-11-12(10)9(7-13-11)5-6-14(16)17/h2-7,13H,1H3/b6-5+. The monoisotopic (exact) mass is 230 g/mol. The van der Waals surface area contributed by atoms with Crippen LogP contribution in [0.5, 0.6) is 0 Å². The number of nitro groups is 1. The number of carbonyl (C=O) groups excluding carboxylic acids is 1. The van der Waals surface area contributed by atoms with Gasteiger partial charge >= 0.3 is 0 Å². The first-order valence-electron chi connectivity index (χ1n) is 5.02. The van der Waals surface area contributed by atoms with E-state index in [4.69, 9.17) is 0 Å². The molecule has 1 N–H and O–H groups in total. The molecule has 1 aromatic carbocycles. The molecule has 1 aromatic heterocycles. The van der Waals surface area contributed by atoms with Crippen molar-refractivity contribution in [3.63, 3.8) is 0 Å². The molecule has 2 rings (SSSR count). The number of rotatable bonds is 3. The van der Waals surface area contributed by atoms with E-state index in [1.165, 1.54) is 13.0 Å². The van der Waals surface area contributed by atoms with E-state index in [-0.39, 0.29) is 5.78 Å². The van der Waals surface area contributed by atoms with E-state index < -0.39 is 4.92 Å². The molecule has 0 unspecified atom stereocenters. The van der Waals surface area contributed by atoms with Crippen molar-refractivity contribution in [2.24, 2.45) is 0 Å². The Morgan fingerprint density at radius 2 is 2.24 bits per heavy atom.